The fourth-order valence-electron chi connectivity index (χ4n) is 2.74. The molecule has 1 heterocycles. The van der Waals surface area contributed by atoms with E-state index in [1.165, 1.54) is 5.56 Å². The number of rotatable bonds is 6. The Morgan fingerprint density at radius 2 is 1.96 bits per heavy atom. The van der Waals surface area contributed by atoms with E-state index in [0.29, 0.717) is 0 Å². The van der Waals surface area contributed by atoms with Crippen LogP contribution >= 0.6 is 35.7 Å². The van der Waals surface area contributed by atoms with Crippen LogP contribution in [0.5, 0.6) is 0 Å². The molecule has 4 nitrogen and oxygen atoms in total. The predicted molar refractivity (Wildman–Crippen MR) is 116 cm³/mol. The fourth-order valence-corrected chi connectivity index (χ4v) is 3.51. The zero-order chi connectivity index (χ0) is 16.5. The van der Waals surface area contributed by atoms with E-state index in [9.17, 15) is 0 Å². The fraction of sp³-hybridized carbons (Fsp3) is 0.611. The van der Waals surface area contributed by atoms with Crippen molar-refractivity contribution in [1.29, 1.82) is 0 Å². The zero-order valence-corrected chi connectivity index (χ0v) is 18.0. The topological polar surface area (TPSA) is 45.7 Å². The third-order valence-electron chi connectivity index (χ3n) is 4.36. The minimum absolute atomic E-state index is 0. The molecule has 0 aliphatic carbocycles. The van der Waals surface area contributed by atoms with Crippen molar-refractivity contribution in [3.8, 4) is 0 Å². The molecule has 0 amide bonds. The number of ether oxygens (including phenoxy) is 1. The van der Waals surface area contributed by atoms with Crippen molar-refractivity contribution in [3.05, 3.63) is 35.9 Å². The number of aliphatic imine (C=N–C) groups is 1. The van der Waals surface area contributed by atoms with Crippen LogP contribution in [0, 0.1) is 0 Å². The second kappa shape index (κ2) is 11.2. The van der Waals surface area contributed by atoms with E-state index >= 15 is 0 Å². The molecule has 24 heavy (non-hydrogen) atoms. The third kappa shape index (κ3) is 6.44. The Bertz CT molecular complexity index is 492. The number of nitrogens with zero attached hydrogens (tertiary/aromatic N) is 1. The van der Waals surface area contributed by atoms with E-state index in [-0.39, 0.29) is 34.8 Å². The summed E-state index contributed by atoms with van der Waals surface area (Å²) < 4.78 is 5.73. The number of nitrogens with one attached hydrogen (secondary N) is 2. The Morgan fingerprint density at radius 1 is 1.29 bits per heavy atom. The molecule has 0 saturated carbocycles. The van der Waals surface area contributed by atoms with Crippen LogP contribution in [-0.4, -0.2) is 43.3 Å². The molecule has 0 bridgehead atoms. The van der Waals surface area contributed by atoms with Crippen molar-refractivity contribution in [2.75, 3.05) is 32.6 Å². The highest BCUT2D eigenvalue weighted by Gasteiger charge is 2.31. The van der Waals surface area contributed by atoms with Gasteiger partial charge in [-0.25, -0.2) is 0 Å². The third-order valence-corrected chi connectivity index (χ3v) is 5.76. The summed E-state index contributed by atoms with van der Waals surface area (Å²) in [6.45, 7) is 7.66. The van der Waals surface area contributed by atoms with Gasteiger partial charge < -0.3 is 15.4 Å². The van der Waals surface area contributed by atoms with E-state index in [2.05, 4.69) is 55.0 Å². The maximum absolute atomic E-state index is 5.51. The smallest absolute Gasteiger partial charge is 0.191 e. The molecule has 2 rings (SSSR count). The Hall–Kier alpha value is -0.470. The molecule has 1 saturated heterocycles. The van der Waals surface area contributed by atoms with Gasteiger partial charge in [0.2, 0.25) is 0 Å². The average molecular weight is 463 g/mol. The average Bonchev–Trinajstić information content (AvgIpc) is 2.61. The molecule has 136 valence electrons. The van der Waals surface area contributed by atoms with Crippen LogP contribution in [-0.2, 0) is 4.74 Å². The Labute approximate surface area is 167 Å². The summed E-state index contributed by atoms with van der Waals surface area (Å²) in [6.07, 6.45) is 4.34. The van der Waals surface area contributed by atoms with Crippen molar-refractivity contribution in [3.63, 3.8) is 0 Å². The van der Waals surface area contributed by atoms with Crippen LogP contribution in [0.25, 0.3) is 0 Å². The molecule has 1 atom stereocenters. The maximum Gasteiger partial charge on any atom is 0.191 e. The summed E-state index contributed by atoms with van der Waals surface area (Å²) in [7, 11) is 0. The Morgan fingerprint density at radius 3 is 2.54 bits per heavy atom. The van der Waals surface area contributed by atoms with Gasteiger partial charge in [0, 0.05) is 24.5 Å². The molecule has 1 unspecified atom stereocenters. The summed E-state index contributed by atoms with van der Waals surface area (Å²) in [5, 5.41) is 6.88. The van der Waals surface area contributed by atoms with E-state index in [0.717, 1.165) is 45.1 Å². The highest BCUT2D eigenvalue weighted by Crippen LogP contribution is 2.34. The van der Waals surface area contributed by atoms with Gasteiger partial charge in [-0.15, -0.1) is 24.0 Å². The van der Waals surface area contributed by atoms with Crippen molar-refractivity contribution in [1.82, 2.24) is 10.6 Å². The number of guanidine groups is 1. The lowest BCUT2D eigenvalue weighted by atomic mass is 9.99. The van der Waals surface area contributed by atoms with E-state index in [1.54, 1.807) is 0 Å². The molecule has 1 aliphatic rings. The summed E-state index contributed by atoms with van der Waals surface area (Å²) >= 11 is 1.93. The van der Waals surface area contributed by atoms with Crippen molar-refractivity contribution >= 4 is 41.7 Å². The van der Waals surface area contributed by atoms with Gasteiger partial charge in [-0.1, -0.05) is 30.3 Å². The lowest BCUT2D eigenvalue weighted by Crippen LogP contribution is -2.41. The SMILES string of the molecule is CCNC(=NCC1(SC)CCOCC1)NC(C)c1ccccc1.I. The molecule has 0 aromatic heterocycles. The van der Waals surface area contributed by atoms with Crippen LogP contribution < -0.4 is 10.6 Å². The normalized spacial score (nSPS) is 18.4. The summed E-state index contributed by atoms with van der Waals surface area (Å²) in [5.74, 6) is 0.892. The van der Waals surface area contributed by atoms with Crippen LogP contribution in [0.3, 0.4) is 0 Å². The van der Waals surface area contributed by atoms with Crippen LogP contribution in [0.15, 0.2) is 35.3 Å². The van der Waals surface area contributed by atoms with Gasteiger partial charge in [-0.05, 0) is 38.5 Å². The molecular weight excluding hydrogens is 433 g/mol. The second-order valence-electron chi connectivity index (χ2n) is 5.97. The first-order valence-electron chi connectivity index (χ1n) is 8.42. The second-order valence-corrected chi connectivity index (χ2v) is 7.25. The molecule has 2 N–H and O–H groups in total. The van der Waals surface area contributed by atoms with Gasteiger partial charge >= 0.3 is 0 Å². The number of halogens is 1. The molecule has 1 aromatic rings. The van der Waals surface area contributed by atoms with Gasteiger partial charge in [0.25, 0.3) is 0 Å². The molecule has 1 aromatic carbocycles. The van der Waals surface area contributed by atoms with Crippen molar-refractivity contribution < 1.29 is 4.74 Å². The lowest BCUT2D eigenvalue weighted by molar-refractivity contribution is 0.0794. The quantitative estimate of drug-likeness (QED) is 0.383. The monoisotopic (exact) mass is 463 g/mol. The number of thioether (sulfide) groups is 1. The van der Waals surface area contributed by atoms with Gasteiger partial charge in [0.1, 0.15) is 0 Å². The van der Waals surface area contributed by atoms with E-state index in [1.807, 2.05) is 17.8 Å². The van der Waals surface area contributed by atoms with Crippen LogP contribution in [0.1, 0.15) is 38.3 Å². The molecule has 0 radical (unpaired) electrons. The summed E-state index contributed by atoms with van der Waals surface area (Å²) in [5.41, 5.74) is 1.27. The Kier molecular flexibility index (Phi) is 10.1. The maximum atomic E-state index is 5.51. The summed E-state index contributed by atoms with van der Waals surface area (Å²) in [4.78, 5) is 4.86. The van der Waals surface area contributed by atoms with Crippen molar-refractivity contribution in [2.45, 2.75) is 37.5 Å². The molecule has 1 fully saturated rings. The highest BCUT2D eigenvalue weighted by atomic mass is 127. The molecule has 1 aliphatic heterocycles. The minimum atomic E-state index is 0. The van der Waals surface area contributed by atoms with Crippen molar-refractivity contribution in [2.24, 2.45) is 4.99 Å². The molecule has 6 heteroatoms. The van der Waals surface area contributed by atoms with Gasteiger partial charge in [0.05, 0.1) is 12.6 Å². The zero-order valence-electron chi connectivity index (χ0n) is 14.9. The molecular formula is C18H30IN3OS. The Balaban J connectivity index is 0.00000288. The van der Waals surface area contributed by atoms with E-state index < -0.39 is 0 Å². The molecule has 0 spiro atoms. The first-order valence-corrected chi connectivity index (χ1v) is 9.64. The lowest BCUT2D eigenvalue weighted by Gasteiger charge is -2.34. The minimum Gasteiger partial charge on any atom is -0.381 e. The number of hydrogen-bond acceptors (Lipinski definition) is 3. The first kappa shape index (κ1) is 21.6. The standard InChI is InChI=1S/C18H29N3OS.HI/c1-4-19-17(21-15(2)16-8-6-5-7-9-16)20-14-18(23-3)10-12-22-13-11-18;/h5-9,15H,4,10-14H2,1-3H3,(H2,19,20,21);1H. The number of hydrogen-bond donors (Lipinski definition) is 2. The largest absolute Gasteiger partial charge is 0.381 e. The summed E-state index contributed by atoms with van der Waals surface area (Å²) in [6, 6.07) is 10.7. The van der Waals surface area contributed by atoms with Gasteiger partial charge in [-0.3, -0.25) is 4.99 Å². The highest BCUT2D eigenvalue weighted by molar-refractivity contribution is 14.0. The van der Waals surface area contributed by atoms with Gasteiger partial charge in [0.15, 0.2) is 5.96 Å². The predicted octanol–water partition coefficient (Wildman–Crippen LogP) is 3.83. The van der Waals surface area contributed by atoms with E-state index in [4.69, 9.17) is 9.73 Å². The van der Waals surface area contributed by atoms with Crippen LogP contribution in [0.2, 0.25) is 0 Å². The first-order chi connectivity index (χ1) is 11.2. The van der Waals surface area contributed by atoms with Crippen LogP contribution in [0.4, 0.5) is 0 Å². The van der Waals surface area contributed by atoms with Gasteiger partial charge in [-0.2, -0.15) is 11.8 Å². The number of benzene rings is 1.